The molecule has 7 rings (SSSR count). The van der Waals surface area contributed by atoms with Crippen molar-refractivity contribution in [2.24, 2.45) is 0 Å². The van der Waals surface area contributed by atoms with Gasteiger partial charge in [-0.2, -0.15) is 5.26 Å². The van der Waals surface area contributed by atoms with Gasteiger partial charge in [0.05, 0.1) is 94.3 Å². The Kier molecular flexibility index (Phi) is 17.6. The van der Waals surface area contributed by atoms with Crippen molar-refractivity contribution in [3.8, 4) is 17.6 Å². The number of nitriles is 1. The maximum Gasteiger partial charge on any atom is 0.295 e. The number of carbonyl (C=O) groups is 2. The van der Waals surface area contributed by atoms with Crippen LogP contribution < -0.4 is 4.74 Å². The molecule has 3 aliphatic heterocycles. The summed E-state index contributed by atoms with van der Waals surface area (Å²) >= 11 is 0. The molecule has 2 unspecified atom stereocenters. The average Bonchev–Trinajstić information content (AvgIpc) is 4.03. The van der Waals surface area contributed by atoms with Crippen molar-refractivity contribution in [3.05, 3.63) is 71.6 Å². The second kappa shape index (κ2) is 23.9. The molecule has 3 N–H and O–H groups in total. The van der Waals surface area contributed by atoms with Gasteiger partial charge in [-0.1, -0.05) is 30.3 Å². The van der Waals surface area contributed by atoms with E-state index >= 15 is 0 Å². The maximum atomic E-state index is 13.8. The number of ether oxygens (including phenoxy) is 5. The van der Waals surface area contributed by atoms with E-state index in [0.29, 0.717) is 126 Å². The highest BCUT2D eigenvalue weighted by molar-refractivity contribution is 6.45. The Hall–Kier alpha value is -5.14. The highest BCUT2D eigenvalue weighted by Crippen LogP contribution is 2.33. The summed E-state index contributed by atoms with van der Waals surface area (Å²) in [5, 5.41) is 36.6. The first-order valence-corrected chi connectivity index (χ1v) is 22.6. The number of H-pyrrole nitrogens is 1. The molecule has 19 heteroatoms. The molecule has 0 saturated carbocycles. The summed E-state index contributed by atoms with van der Waals surface area (Å²) in [5.74, 6) is -0.495. The summed E-state index contributed by atoms with van der Waals surface area (Å²) in [5.41, 5.74) is 2.98. The predicted octanol–water partition coefficient (Wildman–Crippen LogP) is 2.45. The fourth-order valence-corrected chi connectivity index (χ4v) is 8.91. The number of aliphatic hydroxyl groups is 2. The van der Waals surface area contributed by atoms with Crippen molar-refractivity contribution < 1.29 is 43.5 Å². The Labute approximate surface area is 379 Å². The van der Waals surface area contributed by atoms with Gasteiger partial charge in [-0.3, -0.25) is 24.3 Å². The zero-order valence-corrected chi connectivity index (χ0v) is 37.5. The van der Waals surface area contributed by atoms with Gasteiger partial charge in [0.2, 0.25) is 0 Å². The first-order chi connectivity index (χ1) is 31.8. The molecule has 350 valence electrons. The van der Waals surface area contributed by atoms with E-state index in [0.717, 1.165) is 50.2 Å². The van der Waals surface area contributed by atoms with Crippen molar-refractivity contribution in [2.75, 3.05) is 119 Å². The lowest BCUT2D eigenvalue weighted by Gasteiger charge is -2.46. The molecular formula is C46H62N10O9. The van der Waals surface area contributed by atoms with Gasteiger partial charge in [0.1, 0.15) is 12.1 Å². The molecule has 3 saturated heterocycles. The normalized spacial score (nSPS) is 18.5. The van der Waals surface area contributed by atoms with E-state index in [-0.39, 0.29) is 24.0 Å². The highest BCUT2D eigenvalue weighted by atomic mass is 16.6. The van der Waals surface area contributed by atoms with Crippen LogP contribution in [0.1, 0.15) is 60.6 Å². The largest absolute Gasteiger partial charge is 0.494 e. The topological polar surface area (TPSA) is 217 Å². The molecule has 1 amide bonds. The molecule has 0 bridgehead atoms. The number of piperidine rings is 2. The van der Waals surface area contributed by atoms with Crippen molar-refractivity contribution in [1.29, 1.82) is 5.26 Å². The molecule has 3 aliphatic rings. The monoisotopic (exact) mass is 898 g/mol. The zero-order valence-electron chi connectivity index (χ0n) is 37.5. The Balaban J connectivity index is 0.887. The van der Waals surface area contributed by atoms with Gasteiger partial charge in [0.15, 0.2) is 17.9 Å². The fraction of sp³-hybridized carbons (Fsp3) is 0.565. The lowest BCUT2D eigenvalue weighted by Crippen LogP contribution is -2.59. The van der Waals surface area contributed by atoms with E-state index in [4.69, 9.17) is 23.7 Å². The van der Waals surface area contributed by atoms with Crippen LogP contribution in [0.15, 0.2) is 54.6 Å². The molecule has 0 aliphatic carbocycles. The third kappa shape index (κ3) is 11.8. The first-order valence-electron chi connectivity index (χ1n) is 22.6. The van der Waals surface area contributed by atoms with Crippen molar-refractivity contribution in [3.63, 3.8) is 0 Å². The number of piperazine rings is 1. The van der Waals surface area contributed by atoms with Crippen LogP contribution >= 0.6 is 0 Å². The lowest BCUT2D eigenvalue weighted by molar-refractivity contribution is -0.126. The number of pyridine rings is 1. The van der Waals surface area contributed by atoms with Crippen LogP contribution in [0, 0.1) is 11.3 Å². The van der Waals surface area contributed by atoms with Gasteiger partial charge >= 0.3 is 0 Å². The van der Waals surface area contributed by atoms with Crippen LogP contribution in [-0.4, -0.2) is 197 Å². The summed E-state index contributed by atoms with van der Waals surface area (Å²) in [7, 11) is 1.47. The first kappa shape index (κ1) is 47.8. The number of amides is 1. The Bertz CT molecular complexity index is 2230. The molecule has 19 nitrogen and oxygen atoms in total. The van der Waals surface area contributed by atoms with Gasteiger partial charge in [-0.15, -0.1) is 5.10 Å². The summed E-state index contributed by atoms with van der Waals surface area (Å²) in [4.78, 5) is 47.8. The Morgan fingerprint density at radius 2 is 1.62 bits per heavy atom. The molecule has 4 aromatic rings. The summed E-state index contributed by atoms with van der Waals surface area (Å²) in [6, 6.07) is 12.1. The number of allylic oxidation sites excluding steroid dienone is 1. The fourth-order valence-electron chi connectivity index (χ4n) is 8.91. The van der Waals surface area contributed by atoms with Crippen molar-refractivity contribution in [2.45, 2.75) is 50.9 Å². The molecule has 3 fully saturated rings. The van der Waals surface area contributed by atoms with Crippen molar-refractivity contribution in [1.82, 2.24) is 44.3 Å². The lowest BCUT2D eigenvalue weighted by atomic mass is 9.93. The van der Waals surface area contributed by atoms with Gasteiger partial charge in [0, 0.05) is 77.2 Å². The van der Waals surface area contributed by atoms with Crippen LogP contribution in [0.2, 0.25) is 0 Å². The van der Waals surface area contributed by atoms with E-state index in [2.05, 4.69) is 35.9 Å². The smallest absolute Gasteiger partial charge is 0.295 e. The Morgan fingerprint density at radius 1 is 0.923 bits per heavy atom. The summed E-state index contributed by atoms with van der Waals surface area (Å²) < 4.78 is 29.1. The van der Waals surface area contributed by atoms with Crippen LogP contribution in [0.5, 0.6) is 5.75 Å². The molecular weight excluding hydrogens is 837 g/mol. The van der Waals surface area contributed by atoms with Crippen LogP contribution in [0.25, 0.3) is 22.3 Å². The third-order valence-electron chi connectivity index (χ3n) is 12.5. The second-order valence-corrected chi connectivity index (χ2v) is 16.3. The van der Waals surface area contributed by atoms with Crippen LogP contribution in [0.3, 0.4) is 0 Å². The summed E-state index contributed by atoms with van der Waals surface area (Å²) in [6.45, 7) is 11.6. The Morgan fingerprint density at radius 3 is 2.28 bits per heavy atom. The minimum absolute atomic E-state index is 0.0208. The molecule has 2 atom stereocenters. The number of nitrogens with zero attached hydrogens (tertiary/aromatic N) is 9. The number of hydrogen-bond donors (Lipinski definition) is 3. The number of carbonyl (C=O) groups excluding carboxylic acids is 2. The van der Waals surface area contributed by atoms with Crippen LogP contribution in [0.4, 0.5) is 0 Å². The van der Waals surface area contributed by atoms with Gasteiger partial charge in [0.25, 0.3) is 11.7 Å². The number of likely N-dealkylation sites (tertiary alicyclic amines) is 2. The van der Waals surface area contributed by atoms with Gasteiger partial charge < -0.3 is 43.8 Å². The number of methoxy groups -OCH3 is 1. The summed E-state index contributed by atoms with van der Waals surface area (Å²) in [6.07, 6.45) is 6.05. The van der Waals surface area contributed by atoms with E-state index in [9.17, 15) is 25.1 Å². The number of aromatic amines is 1. The number of Topliss-reactive ketones (excluding diaryl/α,β-unsaturated/α-hetero) is 1. The highest BCUT2D eigenvalue weighted by Gasteiger charge is 2.35. The minimum atomic E-state index is -1.05. The van der Waals surface area contributed by atoms with E-state index in [1.54, 1.807) is 0 Å². The van der Waals surface area contributed by atoms with Gasteiger partial charge in [-0.25, -0.2) is 14.6 Å². The number of nitrogens with one attached hydrogen (secondary N) is 1. The minimum Gasteiger partial charge on any atom is -0.494 e. The average molecular weight is 899 g/mol. The number of hydrogen-bond acceptors (Lipinski definition) is 16. The zero-order chi connectivity index (χ0) is 45.5. The maximum absolute atomic E-state index is 13.8. The van der Waals surface area contributed by atoms with E-state index in [1.165, 1.54) is 35.4 Å². The number of benzene rings is 1. The van der Waals surface area contributed by atoms with Crippen molar-refractivity contribution >= 4 is 28.2 Å². The predicted molar refractivity (Wildman–Crippen MR) is 239 cm³/mol. The number of aromatic nitrogens is 5. The molecule has 3 aromatic heterocycles. The number of rotatable bonds is 22. The molecule has 1 aromatic carbocycles. The number of fused-ring (bicyclic) bond motifs is 1. The number of ketones is 1. The third-order valence-corrected chi connectivity index (χ3v) is 12.5. The molecule has 65 heavy (non-hydrogen) atoms. The van der Waals surface area contributed by atoms with E-state index < -0.39 is 17.9 Å². The quantitative estimate of drug-likeness (QED) is 0.0447. The second-order valence-electron chi connectivity index (χ2n) is 16.3. The molecule has 0 radical (unpaired) electrons. The van der Waals surface area contributed by atoms with E-state index in [1.807, 2.05) is 42.2 Å². The van der Waals surface area contributed by atoms with Gasteiger partial charge in [-0.05, 0) is 43.7 Å². The molecule has 0 spiro atoms. The SMILES string of the molecule is CCOCCOCCOCCOCCN1CCN(C2CCN(C(O)c3ncn(-c4ncc(OC)c5c(C(=O)C(=O)N6CCC(=C(C#N)c7ccccc7)CC6)c[nH]c45)n3)CC2)CC1CO. The standard InChI is InChI=1S/C46H62N10O9/c1-3-62-21-22-64-25-26-65-24-23-63-20-19-52-17-18-55(30-36(52)31-57)35-11-15-54(16-12-35)46(60)43-50-32-56(51-43)44-41-40(39(61-2)29-49-44)38(28-48-41)42(58)45(59)53-13-9-34(10-14-53)37(27-47)33-7-5-4-6-8-33/h4-8,28-29,32,35-36,46,48,57,60H,3,9-26,30-31H2,1-2H3. The van der Waals surface area contributed by atoms with Crippen LogP contribution in [-0.2, 0) is 23.7 Å². The number of aliphatic hydroxyl groups excluding tert-OH is 2. The molecule has 6 heterocycles.